The molecule has 0 bridgehead atoms. The molecule has 1 unspecified atom stereocenters. The van der Waals surface area contributed by atoms with Crippen molar-refractivity contribution in [1.82, 2.24) is 4.90 Å². The summed E-state index contributed by atoms with van der Waals surface area (Å²) in [5, 5.41) is 2.96. The van der Waals surface area contributed by atoms with E-state index < -0.39 is 0 Å². The first-order valence-electron chi connectivity index (χ1n) is 6.82. The number of rotatable bonds is 4. The largest absolute Gasteiger partial charge is 0.325 e. The van der Waals surface area contributed by atoms with Crippen molar-refractivity contribution < 1.29 is 4.79 Å². The molecular weight excluding hydrogens is 224 g/mol. The van der Waals surface area contributed by atoms with Crippen LogP contribution in [0.25, 0.3) is 0 Å². The molecule has 1 aliphatic heterocycles. The van der Waals surface area contributed by atoms with Crippen molar-refractivity contribution in [2.45, 2.75) is 39.2 Å². The number of anilines is 1. The third-order valence-electron chi connectivity index (χ3n) is 3.68. The van der Waals surface area contributed by atoms with E-state index in [1.807, 2.05) is 12.1 Å². The van der Waals surface area contributed by atoms with Gasteiger partial charge in [-0.25, -0.2) is 0 Å². The van der Waals surface area contributed by atoms with Gasteiger partial charge in [-0.2, -0.15) is 0 Å². The van der Waals surface area contributed by atoms with Gasteiger partial charge in [-0.15, -0.1) is 0 Å². The highest BCUT2D eigenvalue weighted by Gasteiger charge is 2.22. The third kappa shape index (κ3) is 3.33. The van der Waals surface area contributed by atoms with Gasteiger partial charge >= 0.3 is 0 Å². The van der Waals surface area contributed by atoms with Crippen LogP contribution in [-0.2, 0) is 11.2 Å². The van der Waals surface area contributed by atoms with E-state index in [9.17, 15) is 4.79 Å². The SMILES string of the molecule is CCc1ccc(NC(=O)CN2CCCC2C)cc1. The summed E-state index contributed by atoms with van der Waals surface area (Å²) in [7, 11) is 0. The Morgan fingerprint density at radius 3 is 2.67 bits per heavy atom. The Labute approximate surface area is 109 Å². The monoisotopic (exact) mass is 246 g/mol. The summed E-state index contributed by atoms with van der Waals surface area (Å²) in [6.07, 6.45) is 3.44. The Hall–Kier alpha value is -1.35. The van der Waals surface area contributed by atoms with E-state index in [2.05, 4.69) is 36.2 Å². The number of nitrogens with one attached hydrogen (secondary N) is 1. The number of amides is 1. The molecule has 0 radical (unpaired) electrons. The molecule has 0 aromatic heterocycles. The highest BCUT2D eigenvalue weighted by molar-refractivity contribution is 5.92. The van der Waals surface area contributed by atoms with E-state index in [1.165, 1.54) is 18.4 Å². The molecule has 1 fully saturated rings. The van der Waals surface area contributed by atoms with Crippen molar-refractivity contribution in [2.24, 2.45) is 0 Å². The lowest BCUT2D eigenvalue weighted by molar-refractivity contribution is -0.117. The van der Waals surface area contributed by atoms with Crippen molar-refractivity contribution in [3.05, 3.63) is 29.8 Å². The predicted octanol–water partition coefficient (Wildman–Crippen LogP) is 2.67. The molecule has 0 saturated carbocycles. The predicted molar refractivity (Wildman–Crippen MR) is 74.7 cm³/mol. The van der Waals surface area contributed by atoms with Gasteiger partial charge < -0.3 is 5.32 Å². The Bertz CT molecular complexity index is 399. The second-order valence-corrected chi connectivity index (χ2v) is 5.06. The number of hydrogen-bond donors (Lipinski definition) is 1. The molecule has 1 aromatic rings. The van der Waals surface area contributed by atoms with Gasteiger partial charge in [-0.1, -0.05) is 19.1 Å². The number of likely N-dealkylation sites (tertiary alicyclic amines) is 1. The van der Waals surface area contributed by atoms with Crippen LogP contribution in [0, 0.1) is 0 Å². The van der Waals surface area contributed by atoms with E-state index in [0.29, 0.717) is 12.6 Å². The van der Waals surface area contributed by atoms with Crippen LogP contribution >= 0.6 is 0 Å². The molecule has 0 aliphatic carbocycles. The van der Waals surface area contributed by atoms with Crippen LogP contribution in [0.1, 0.15) is 32.3 Å². The van der Waals surface area contributed by atoms with Gasteiger partial charge in [-0.3, -0.25) is 9.69 Å². The normalized spacial score (nSPS) is 20.0. The first kappa shape index (κ1) is 13.1. The maximum Gasteiger partial charge on any atom is 0.238 e. The lowest BCUT2D eigenvalue weighted by atomic mass is 10.1. The van der Waals surface area contributed by atoms with Crippen LogP contribution in [0.5, 0.6) is 0 Å². The first-order valence-corrected chi connectivity index (χ1v) is 6.82. The molecular formula is C15H22N2O. The van der Waals surface area contributed by atoms with Crippen molar-refractivity contribution in [3.63, 3.8) is 0 Å². The van der Waals surface area contributed by atoms with Crippen molar-refractivity contribution >= 4 is 11.6 Å². The third-order valence-corrected chi connectivity index (χ3v) is 3.68. The van der Waals surface area contributed by atoms with Crippen molar-refractivity contribution in [3.8, 4) is 0 Å². The lowest BCUT2D eigenvalue weighted by Crippen LogP contribution is -2.35. The highest BCUT2D eigenvalue weighted by atomic mass is 16.2. The summed E-state index contributed by atoms with van der Waals surface area (Å²) in [6, 6.07) is 8.62. The fourth-order valence-electron chi connectivity index (χ4n) is 2.44. The zero-order chi connectivity index (χ0) is 13.0. The van der Waals surface area contributed by atoms with Gasteiger partial charge in [0.05, 0.1) is 6.54 Å². The van der Waals surface area contributed by atoms with Gasteiger partial charge in [0, 0.05) is 11.7 Å². The minimum atomic E-state index is 0.0907. The van der Waals surface area contributed by atoms with E-state index >= 15 is 0 Å². The molecule has 2 rings (SSSR count). The number of aryl methyl sites for hydroxylation is 1. The molecule has 1 atom stereocenters. The quantitative estimate of drug-likeness (QED) is 0.886. The molecule has 98 valence electrons. The van der Waals surface area contributed by atoms with E-state index in [-0.39, 0.29) is 5.91 Å². The number of hydrogen-bond acceptors (Lipinski definition) is 2. The molecule has 1 aromatic carbocycles. The Kier molecular flexibility index (Phi) is 4.37. The summed E-state index contributed by atoms with van der Waals surface area (Å²) < 4.78 is 0. The fourth-order valence-corrected chi connectivity index (χ4v) is 2.44. The molecule has 3 heteroatoms. The number of nitrogens with zero attached hydrogens (tertiary/aromatic N) is 1. The second kappa shape index (κ2) is 6.01. The summed E-state index contributed by atoms with van der Waals surface area (Å²) in [4.78, 5) is 14.2. The second-order valence-electron chi connectivity index (χ2n) is 5.06. The topological polar surface area (TPSA) is 32.3 Å². The minimum absolute atomic E-state index is 0.0907. The molecule has 3 nitrogen and oxygen atoms in total. The standard InChI is InChI=1S/C15H22N2O/c1-3-13-6-8-14(9-7-13)16-15(18)11-17-10-4-5-12(17)2/h6-9,12H,3-5,10-11H2,1-2H3,(H,16,18). The zero-order valence-corrected chi connectivity index (χ0v) is 11.3. The summed E-state index contributed by atoms with van der Waals surface area (Å²) in [5.74, 6) is 0.0907. The first-order chi connectivity index (χ1) is 8.69. The van der Waals surface area contributed by atoms with Crippen molar-refractivity contribution in [2.75, 3.05) is 18.4 Å². The number of carbonyl (C=O) groups excluding carboxylic acids is 1. The van der Waals surface area contributed by atoms with Gasteiger partial charge in [0.25, 0.3) is 0 Å². The molecule has 1 aliphatic rings. The van der Waals surface area contributed by atoms with E-state index in [0.717, 1.165) is 18.7 Å². The zero-order valence-electron chi connectivity index (χ0n) is 11.3. The van der Waals surface area contributed by atoms with E-state index in [4.69, 9.17) is 0 Å². The van der Waals surface area contributed by atoms with Crippen molar-refractivity contribution in [1.29, 1.82) is 0 Å². The fraction of sp³-hybridized carbons (Fsp3) is 0.533. The summed E-state index contributed by atoms with van der Waals surface area (Å²) >= 11 is 0. The van der Waals surface area contributed by atoms with Crippen LogP contribution in [0.15, 0.2) is 24.3 Å². The maximum absolute atomic E-state index is 11.9. The number of benzene rings is 1. The molecule has 1 heterocycles. The molecule has 1 saturated heterocycles. The van der Waals surface area contributed by atoms with Gasteiger partial charge in [-0.05, 0) is 50.4 Å². The minimum Gasteiger partial charge on any atom is -0.325 e. The van der Waals surface area contributed by atoms with Crippen LogP contribution in [0.3, 0.4) is 0 Å². The Morgan fingerprint density at radius 1 is 1.39 bits per heavy atom. The summed E-state index contributed by atoms with van der Waals surface area (Å²) in [6.45, 7) is 5.87. The molecule has 1 N–H and O–H groups in total. The van der Waals surface area contributed by atoms with Gasteiger partial charge in [0.15, 0.2) is 0 Å². The number of carbonyl (C=O) groups is 1. The average Bonchev–Trinajstić information content (AvgIpc) is 2.76. The molecule has 1 amide bonds. The Morgan fingerprint density at radius 2 is 2.11 bits per heavy atom. The van der Waals surface area contributed by atoms with Crippen LogP contribution < -0.4 is 5.32 Å². The van der Waals surface area contributed by atoms with Gasteiger partial charge in [0.2, 0.25) is 5.91 Å². The lowest BCUT2D eigenvalue weighted by Gasteiger charge is -2.20. The van der Waals surface area contributed by atoms with E-state index in [1.54, 1.807) is 0 Å². The smallest absolute Gasteiger partial charge is 0.238 e. The highest BCUT2D eigenvalue weighted by Crippen LogP contribution is 2.16. The van der Waals surface area contributed by atoms with Crippen LogP contribution in [0.4, 0.5) is 5.69 Å². The Balaban J connectivity index is 1.86. The average molecular weight is 246 g/mol. The summed E-state index contributed by atoms with van der Waals surface area (Å²) in [5.41, 5.74) is 2.19. The molecule has 18 heavy (non-hydrogen) atoms. The van der Waals surface area contributed by atoms with Crippen LogP contribution in [-0.4, -0.2) is 29.9 Å². The van der Waals surface area contributed by atoms with Gasteiger partial charge in [0.1, 0.15) is 0 Å². The van der Waals surface area contributed by atoms with Crippen LogP contribution in [0.2, 0.25) is 0 Å². The maximum atomic E-state index is 11.9. The molecule has 0 spiro atoms.